The number of nitrogens with one attached hydrogen (secondary N) is 1. The van der Waals surface area contributed by atoms with Crippen LogP contribution in [-0.2, 0) is 33.1 Å². The van der Waals surface area contributed by atoms with Crippen molar-refractivity contribution in [3.63, 3.8) is 0 Å². The van der Waals surface area contributed by atoms with Gasteiger partial charge in [0.15, 0.2) is 15.0 Å². The number of carbonyl (C=O) groups is 1. The number of carbonyl (C=O) groups excluding carboxylic acids is 1. The molecular formula is C22H21F3N4O3S2. The zero-order valence-corrected chi connectivity index (χ0v) is 19.7. The second kappa shape index (κ2) is 10.4. The number of halogens is 3. The maximum absolute atomic E-state index is 13.1. The molecule has 0 saturated carbocycles. The molecule has 0 aliphatic rings. The fourth-order valence-corrected chi connectivity index (χ4v) is 5.04. The number of benzene rings is 2. The molecule has 3 rings (SSSR count). The molecule has 0 bridgehead atoms. The topological polar surface area (TPSA) is 93.9 Å². The Morgan fingerprint density at radius 3 is 2.47 bits per heavy atom. The zero-order chi connectivity index (χ0) is 24.9. The second-order valence-electron chi connectivity index (χ2n) is 7.25. The SMILES string of the molecule is C=CCn1c(CS(=O)(=O)c2ccc(C)cc2)nnc1SCC(=O)Nc1ccccc1C(F)(F)F. The quantitative estimate of drug-likeness (QED) is 0.337. The molecule has 2 aromatic carbocycles. The van der Waals surface area contributed by atoms with E-state index < -0.39 is 33.2 Å². The van der Waals surface area contributed by atoms with Gasteiger partial charge in [0.25, 0.3) is 0 Å². The van der Waals surface area contributed by atoms with Crippen LogP contribution in [0.4, 0.5) is 18.9 Å². The van der Waals surface area contributed by atoms with Crippen LogP contribution in [0.1, 0.15) is 17.0 Å². The van der Waals surface area contributed by atoms with Gasteiger partial charge in [0.1, 0.15) is 11.6 Å². The molecular weight excluding hydrogens is 489 g/mol. The number of hydrogen-bond donors (Lipinski definition) is 1. The van der Waals surface area contributed by atoms with E-state index in [2.05, 4.69) is 22.1 Å². The Labute approximate surface area is 199 Å². The van der Waals surface area contributed by atoms with Crippen LogP contribution in [0.2, 0.25) is 0 Å². The van der Waals surface area contributed by atoms with Gasteiger partial charge in [-0.05, 0) is 31.2 Å². The molecule has 0 fully saturated rings. The van der Waals surface area contributed by atoms with E-state index in [-0.39, 0.29) is 33.9 Å². The third kappa shape index (κ3) is 6.26. The molecule has 7 nitrogen and oxygen atoms in total. The Hall–Kier alpha value is -3.12. The summed E-state index contributed by atoms with van der Waals surface area (Å²) in [6.07, 6.45) is -3.09. The maximum atomic E-state index is 13.1. The van der Waals surface area contributed by atoms with E-state index in [0.29, 0.717) is 0 Å². The Kier molecular flexibility index (Phi) is 7.82. The van der Waals surface area contributed by atoms with Gasteiger partial charge in [-0.1, -0.05) is 47.7 Å². The first-order chi connectivity index (χ1) is 16.0. The van der Waals surface area contributed by atoms with Crippen LogP contribution in [0.3, 0.4) is 0 Å². The fraction of sp³-hybridized carbons (Fsp3) is 0.227. The first-order valence-corrected chi connectivity index (χ1v) is 12.6. The summed E-state index contributed by atoms with van der Waals surface area (Å²) in [5, 5.41) is 10.4. The minimum atomic E-state index is -4.61. The number of thioether (sulfide) groups is 1. The van der Waals surface area contributed by atoms with Crippen molar-refractivity contribution in [3.05, 3.63) is 78.1 Å². The highest BCUT2D eigenvalue weighted by Gasteiger charge is 2.33. The molecule has 0 atom stereocenters. The Morgan fingerprint density at radius 1 is 1.15 bits per heavy atom. The normalized spacial score (nSPS) is 11.9. The van der Waals surface area contributed by atoms with Crippen LogP contribution >= 0.6 is 11.8 Å². The number of allylic oxidation sites excluding steroid dienone is 1. The van der Waals surface area contributed by atoms with Gasteiger partial charge in [-0.3, -0.25) is 4.79 Å². The van der Waals surface area contributed by atoms with Crippen LogP contribution in [0.25, 0.3) is 0 Å². The maximum Gasteiger partial charge on any atom is 0.418 e. The highest BCUT2D eigenvalue weighted by atomic mass is 32.2. The molecule has 180 valence electrons. The molecule has 34 heavy (non-hydrogen) atoms. The molecule has 0 radical (unpaired) electrons. The van der Waals surface area contributed by atoms with Crippen molar-refractivity contribution in [2.24, 2.45) is 0 Å². The van der Waals surface area contributed by atoms with Crippen LogP contribution < -0.4 is 5.32 Å². The summed E-state index contributed by atoms with van der Waals surface area (Å²) in [6.45, 7) is 5.68. The fourth-order valence-electron chi connectivity index (χ4n) is 3.00. The van der Waals surface area contributed by atoms with Gasteiger partial charge in [-0.15, -0.1) is 16.8 Å². The van der Waals surface area contributed by atoms with E-state index in [1.165, 1.54) is 41.0 Å². The number of alkyl halides is 3. The molecule has 1 heterocycles. The summed E-state index contributed by atoms with van der Waals surface area (Å²) in [7, 11) is -3.70. The highest BCUT2D eigenvalue weighted by Crippen LogP contribution is 2.34. The van der Waals surface area contributed by atoms with E-state index in [1.54, 1.807) is 12.1 Å². The van der Waals surface area contributed by atoms with Gasteiger partial charge in [0.2, 0.25) is 5.91 Å². The molecule has 3 aromatic rings. The monoisotopic (exact) mass is 510 g/mol. The predicted octanol–water partition coefficient (Wildman–Crippen LogP) is 4.50. The van der Waals surface area contributed by atoms with E-state index in [1.807, 2.05) is 6.92 Å². The van der Waals surface area contributed by atoms with E-state index in [4.69, 9.17) is 0 Å². The molecule has 0 unspecified atom stereocenters. The van der Waals surface area contributed by atoms with Crippen molar-refractivity contribution in [1.82, 2.24) is 14.8 Å². The van der Waals surface area contributed by atoms with Crippen molar-refractivity contribution in [2.45, 2.75) is 35.4 Å². The minimum absolute atomic E-state index is 0.142. The van der Waals surface area contributed by atoms with Gasteiger partial charge in [0, 0.05) is 6.54 Å². The number of aromatic nitrogens is 3. The molecule has 0 aliphatic heterocycles. The summed E-state index contributed by atoms with van der Waals surface area (Å²) < 4.78 is 66.5. The summed E-state index contributed by atoms with van der Waals surface area (Å²) in [6, 6.07) is 11.1. The number of para-hydroxylation sites is 1. The zero-order valence-electron chi connectivity index (χ0n) is 18.0. The number of sulfone groups is 1. The molecule has 1 aromatic heterocycles. The lowest BCUT2D eigenvalue weighted by Crippen LogP contribution is -2.18. The average Bonchev–Trinajstić information content (AvgIpc) is 3.13. The summed E-state index contributed by atoms with van der Waals surface area (Å²) in [5.41, 5.74) is -0.381. The number of nitrogens with zero attached hydrogens (tertiary/aromatic N) is 3. The van der Waals surface area contributed by atoms with Crippen molar-refractivity contribution >= 4 is 33.2 Å². The standard InChI is InChI=1S/C22H21F3N4O3S2/c1-3-12-29-19(14-34(31,32)16-10-8-15(2)9-11-16)27-28-21(29)33-13-20(30)26-18-7-5-4-6-17(18)22(23,24)25/h3-11H,1,12-14H2,2H3,(H,26,30). The highest BCUT2D eigenvalue weighted by molar-refractivity contribution is 7.99. The van der Waals surface area contributed by atoms with Gasteiger partial charge in [-0.25, -0.2) is 8.42 Å². The van der Waals surface area contributed by atoms with Crippen LogP contribution in [0.5, 0.6) is 0 Å². The Balaban J connectivity index is 1.73. The smallest absolute Gasteiger partial charge is 0.325 e. The summed E-state index contributed by atoms with van der Waals surface area (Å²) >= 11 is 0.926. The predicted molar refractivity (Wildman–Crippen MR) is 123 cm³/mol. The molecule has 0 saturated heterocycles. The number of amides is 1. The first-order valence-electron chi connectivity index (χ1n) is 9.92. The molecule has 1 amide bonds. The number of rotatable bonds is 9. The first kappa shape index (κ1) is 25.5. The number of anilines is 1. The lowest BCUT2D eigenvalue weighted by atomic mass is 10.1. The molecule has 0 spiro atoms. The van der Waals surface area contributed by atoms with E-state index in [0.717, 1.165) is 23.4 Å². The Morgan fingerprint density at radius 2 is 1.82 bits per heavy atom. The van der Waals surface area contributed by atoms with Gasteiger partial charge >= 0.3 is 6.18 Å². The molecule has 0 aliphatic carbocycles. The minimum Gasteiger partial charge on any atom is -0.325 e. The van der Waals surface area contributed by atoms with Crippen molar-refractivity contribution < 1.29 is 26.4 Å². The summed E-state index contributed by atoms with van der Waals surface area (Å²) in [5.74, 6) is -1.19. The van der Waals surface area contributed by atoms with E-state index >= 15 is 0 Å². The van der Waals surface area contributed by atoms with Gasteiger partial charge in [0.05, 0.1) is 21.9 Å². The third-order valence-electron chi connectivity index (χ3n) is 4.64. The number of hydrogen-bond acceptors (Lipinski definition) is 6. The lowest BCUT2D eigenvalue weighted by Gasteiger charge is -2.13. The van der Waals surface area contributed by atoms with Crippen molar-refractivity contribution in [1.29, 1.82) is 0 Å². The number of aryl methyl sites for hydroxylation is 1. The van der Waals surface area contributed by atoms with Crippen LogP contribution in [0.15, 0.2) is 71.2 Å². The average molecular weight is 511 g/mol. The van der Waals surface area contributed by atoms with Gasteiger partial charge in [-0.2, -0.15) is 13.2 Å². The third-order valence-corrected chi connectivity index (χ3v) is 7.24. The van der Waals surface area contributed by atoms with Crippen LogP contribution in [-0.4, -0.2) is 34.8 Å². The lowest BCUT2D eigenvalue weighted by molar-refractivity contribution is -0.137. The van der Waals surface area contributed by atoms with Gasteiger partial charge < -0.3 is 9.88 Å². The second-order valence-corrected chi connectivity index (χ2v) is 10.2. The van der Waals surface area contributed by atoms with Crippen LogP contribution in [0, 0.1) is 6.92 Å². The molecule has 1 N–H and O–H groups in total. The molecule has 12 heteroatoms. The largest absolute Gasteiger partial charge is 0.418 e. The van der Waals surface area contributed by atoms with Crippen molar-refractivity contribution in [3.8, 4) is 0 Å². The Bertz CT molecular complexity index is 1290. The summed E-state index contributed by atoms with van der Waals surface area (Å²) in [4.78, 5) is 12.5. The van der Waals surface area contributed by atoms with Crippen molar-refractivity contribution in [2.75, 3.05) is 11.1 Å². The van der Waals surface area contributed by atoms with E-state index in [9.17, 15) is 26.4 Å².